The summed E-state index contributed by atoms with van der Waals surface area (Å²) in [4.78, 5) is 20.1. The van der Waals surface area contributed by atoms with Gasteiger partial charge in [-0.25, -0.2) is 4.99 Å². The summed E-state index contributed by atoms with van der Waals surface area (Å²) in [5, 5.41) is 9.16. The first-order valence-electron chi connectivity index (χ1n) is 8.74. The quantitative estimate of drug-likeness (QED) is 0.808. The molecule has 2 atom stereocenters. The Balaban J connectivity index is 2.09. The van der Waals surface area contributed by atoms with Gasteiger partial charge in [-0.1, -0.05) is 24.3 Å². The molecule has 1 aliphatic heterocycles. The fraction of sp³-hybridized carbons (Fsp3) is 0.350. The first kappa shape index (κ1) is 20.9. The van der Waals surface area contributed by atoms with Crippen molar-refractivity contribution in [1.82, 2.24) is 4.90 Å². The molecule has 152 valence electrons. The molecule has 9 heteroatoms. The molecule has 1 amide bonds. The van der Waals surface area contributed by atoms with E-state index < -0.39 is 24.0 Å². The van der Waals surface area contributed by atoms with Crippen LogP contribution in [0.15, 0.2) is 41.4 Å². The average molecular weight is 418 g/mol. The van der Waals surface area contributed by atoms with Gasteiger partial charge < -0.3 is 10.5 Å². The van der Waals surface area contributed by atoms with E-state index in [2.05, 4.69) is 15.8 Å². The minimum Gasteiger partial charge on any atom is -0.378 e. The minimum atomic E-state index is -3.14. The second kappa shape index (κ2) is 7.54. The summed E-state index contributed by atoms with van der Waals surface area (Å²) >= 11 is 1.22. The first-order chi connectivity index (χ1) is 13.6. The third-order valence-electron chi connectivity index (χ3n) is 5.04. The van der Waals surface area contributed by atoms with Gasteiger partial charge in [0.15, 0.2) is 5.96 Å². The van der Waals surface area contributed by atoms with E-state index in [1.165, 1.54) is 54.7 Å². The fourth-order valence-corrected chi connectivity index (χ4v) is 4.37. The van der Waals surface area contributed by atoms with Crippen LogP contribution in [0.5, 0.6) is 0 Å². The Kier molecular flexibility index (Phi) is 5.43. The predicted octanol–water partition coefficient (Wildman–Crippen LogP) is 3.14. The first-order valence-corrected chi connectivity index (χ1v) is 9.56. The lowest BCUT2D eigenvalue weighted by Crippen LogP contribution is -2.52. The van der Waals surface area contributed by atoms with Gasteiger partial charge >= 0.3 is 0 Å². The predicted molar refractivity (Wildman–Crippen MR) is 106 cm³/mol. The van der Waals surface area contributed by atoms with E-state index in [0.29, 0.717) is 15.3 Å². The van der Waals surface area contributed by atoms with Crippen LogP contribution < -0.4 is 5.73 Å². The number of carbonyl (C=O) groups excluding carboxylic acids is 1. The molecule has 2 aromatic rings. The Morgan fingerprint density at radius 1 is 1.34 bits per heavy atom. The van der Waals surface area contributed by atoms with Gasteiger partial charge in [0, 0.05) is 24.6 Å². The van der Waals surface area contributed by atoms with Crippen molar-refractivity contribution in [1.29, 1.82) is 5.26 Å². The van der Waals surface area contributed by atoms with Gasteiger partial charge in [0.1, 0.15) is 23.1 Å². The van der Waals surface area contributed by atoms with Crippen LogP contribution in [0, 0.1) is 11.3 Å². The molecule has 0 spiro atoms. The molecule has 2 N–H and O–H groups in total. The summed E-state index contributed by atoms with van der Waals surface area (Å²) < 4.78 is 32.8. The third-order valence-corrected chi connectivity index (χ3v) is 6.25. The lowest BCUT2D eigenvalue weighted by Gasteiger charge is -2.40. The topological polar surface area (TPSA) is 91.7 Å². The van der Waals surface area contributed by atoms with Crippen LogP contribution >= 0.6 is 11.3 Å². The molecule has 0 aliphatic carbocycles. The number of thiophene rings is 1. The molecule has 2 heterocycles. The van der Waals surface area contributed by atoms with Crippen LogP contribution in [0.2, 0.25) is 0 Å². The normalized spacial score (nSPS) is 22.3. The lowest BCUT2D eigenvalue weighted by atomic mass is 9.77. The Morgan fingerprint density at radius 2 is 2.00 bits per heavy atom. The Hall–Kier alpha value is -2.83. The molecule has 1 aromatic heterocycles. The molecular weight excluding hydrogens is 398 g/mol. The van der Waals surface area contributed by atoms with Crippen LogP contribution in [-0.4, -0.2) is 37.5 Å². The number of likely N-dealkylation sites (N-methyl/N-ethyl adjacent to an activating group) is 1. The second-order valence-electron chi connectivity index (χ2n) is 6.98. The van der Waals surface area contributed by atoms with Gasteiger partial charge in [0.25, 0.3) is 5.92 Å². The molecule has 1 aromatic carbocycles. The third kappa shape index (κ3) is 3.61. The number of aliphatic imine (C=N–C) groups is 1. The van der Waals surface area contributed by atoms with Crippen molar-refractivity contribution in [2.24, 2.45) is 10.7 Å². The molecule has 29 heavy (non-hydrogen) atoms. The number of ether oxygens (including phenoxy) is 1. The van der Waals surface area contributed by atoms with Gasteiger partial charge in [-0.2, -0.15) is 14.0 Å². The molecule has 3 rings (SSSR count). The van der Waals surface area contributed by atoms with Crippen LogP contribution in [-0.2, 0) is 21.0 Å². The van der Waals surface area contributed by atoms with Gasteiger partial charge in [-0.3, -0.25) is 9.69 Å². The summed E-state index contributed by atoms with van der Waals surface area (Å²) in [6, 6.07) is 11.1. The van der Waals surface area contributed by atoms with Crippen molar-refractivity contribution in [2.75, 3.05) is 20.8 Å². The monoisotopic (exact) mass is 418 g/mol. The van der Waals surface area contributed by atoms with Crippen molar-refractivity contribution in [2.45, 2.75) is 24.3 Å². The maximum absolute atomic E-state index is 14.1. The van der Waals surface area contributed by atoms with Crippen molar-refractivity contribution < 1.29 is 18.3 Å². The highest BCUT2D eigenvalue weighted by Crippen LogP contribution is 2.46. The van der Waals surface area contributed by atoms with Crippen molar-refractivity contribution in [3.8, 4) is 6.07 Å². The van der Waals surface area contributed by atoms with Gasteiger partial charge in [-0.15, -0.1) is 11.3 Å². The number of hydrogen-bond acceptors (Lipinski definition) is 6. The number of benzene rings is 1. The number of carbonyl (C=O) groups is 1. The molecule has 0 bridgehead atoms. The zero-order chi connectivity index (χ0) is 21.4. The number of alkyl halides is 2. The SMILES string of the molecule is COCC(F)(F)c1ccc([C@H]2C(=O)N(C)C(N)=N[C@]2(C)c2ccc(C#N)s2)cc1. The largest absolute Gasteiger partial charge is 0.378 e. The van der Waals surface area contributed by atoms with E-state index in [1.807, 2.05) is 0 Å². The van der Waals surface area contributed by atoms with Crippen LogP contribution in [0.4, 0.5) is 8.78 Å². The highest BCUT2D eigenvalue weighted by Gasteiger charge is 2.48. The number of amides is 1. The van der Waals surface area contributed by atoms with E-state index in [1.54, 1.807) is 19.1 Å². The smallest absolute Gasteiger partial charge is 0.296 e. The fourth-order valence-electron chi connectivity index (χ4n) is 3.44. The lowest BCUT2D eigenvalue weighted by molar-refractivity contribution is -0.130. The number of guanidine groups is 1. The van der Waals surface area contributed by atoms with E-state index in [-0.39, 0.29) is 17.4 Å². The van der Waals surface area contributed by atoms with E-state index in [0.717, 1.165) is 0 Å². The van der Waals surface area contributed by atoms with E-state index in [4.69, 9.17) is 11.0 Å². The van der Waals surface area contributed by atoms with Crippen molar-refractivity contribution in [3.63, 3.8) is 0 Å². The standard InChI is InChI=1S/C20H20F2N4O2S/c1-19(15-9-8-14(10-23)29-15)16(17(27)26(2)18(24)25-19)12-4-6-13(7-5-12)20(21,22)11-28-3/h4-9,16H,11H2,1-3H3,(H2,24,25)/t16-,19+/m0/s1. The Bertz CT molecular complexity index is 997. The molecule has 0 saturated heterocycles. The van der Waals surface area contributed by atoms with Gasteiger partial charge in [0.2, 0.25) is 5.91 Å². The average Bonchev–Trinajstić information content (AvgIpc) is 3.17. The maximum Gasteiger partial charge on any atom is 0.296 e. The number of halogens is 2. The Labute approximate surface area is 171 Å². The summed E-state index contributed by atoms with van der Waals surface area (Å²) in [5.74, 6) is -4.16. The molecule has 1 aliphatic rings. The minimum absolute atomic E-state index is 0.0592. The van der Waals surface area contributed by atoms with Gasteiger partial charge in [-0.05, 0) is 24.6 Å². The molecule has 0 radical (unpaired) electrons. The summed E-state index contributed by atoms with van der Waals surface area (Å²) in [7, 11) is 2.73. The summed E-state index contributed by atoms with van der Waals surface area (Å²) in [6.07, 6.45) is 0. The zero-order valence-electron chi connectivity index (χ0n) is 16.1. The number of hydrogen-bond donors (Lipinski definition) is 1. The molecular formula is C20H20F2N4O2S. The highest BCUT2D eigenvalue weighted by atomic mass is 32.1. The number of methoxy groups -OCH3 is 1. The summed E-state index contributed by atoms with van der Waals surface area (Å²) in [5.41, 5.74) is 5.22. The zero-order valence-corrected chi connectivity index (χ0v) is 17.0. The maximum atomic E-state index is 14.1. The number of nitrogens with two attached hydrogens (primary N) is 1. The Morgan fingerprint density at radius 3 is 2.55 bits per heavy atom. The van der Waals surface area contributed by atoms with Gasteiger partial charge in [0.05, 0.1) is 5.92 Å². The van der Waals surface area contributed by atoms with Crippen LogP contribution in [0.25, 0.3) is 0 Å². The number of rotatable bonds is 5. The van der Waals surface area contributed by atoms with Crippen LogP contribution in [0.3, 0.4) is 0 Å². The van der Waals surface area contributed by atoms with Crippen LogP contribution in [0.1, 0.15) is 33.7 Å². The highest BCUT2D eigenvalue weighted by molar-refractivity contribution is 7.12. The molecule has 0 unspecified atom stereocenters. The summed E-state index contributed by atoms with van der Waals surface area (Å²) in [6.45, 7) is 1.03. The van der Waals surface area contributed by atoms with E-state index in [9.17, 15) is 13.6 Å². The number of nitrogens with zero attached hydrogens (tertiary/aromatic N) is 3. The molecule has 6 nitrogen and oxygen atoms in total. The molecule has 0 saturated carbocycles. The second-order valence-corrected chi connectivity index (χ2v) is 8.07. The number of nitriles is 1. The van der Waals surface area contributed by atoms with Crippen molar-refractivity contribution in [3.05, 3.63) is 57.3 Å². The molecule has 0 fully saturated rings. The van der Waals surface area contributed by atoms with E-state index >= 15 is 0 Å². The van der Waals surface area contributed by atoms with Crippen molar-refractivity contribution >= 4 is 23.2 Å².